The lowest BCUT2D eigenvalue weighted by Gasteiger charge is -2.40. The predicted octanol–water partition coefficient (Wildman–Crippen LogP) is 5.27. The van der Waals surface area contributed by atoms with Crippen LogP contribution in [0.3, 0.4) is 0 Å². The molecule has 1 nitrogen and oxygen atoms in total. The summed E-state index contributed by atoms with van der Waals surface area (Å²) in [6, 6.07) is 12.6. The van der Waals surface area contributed by atoms with Gasteiger partial charge in [0.1, 0.15) is 0 Å². The second-order valence-electron chi connectivity index (χ2n) is 8.01. The molecule has 1 aromatic rings. The molecular formula is C20H31N. The van der Waals surface area contributed by atoms with E-state index in [0.29, 0.717) is 11.5 Å². The Morgan fingerprint density at radius 3 is 2.29 bits per heavy atom. The van der Waals surface area contributed by atoms with Crippen molar-refractivity contribution in [1.82, 2.24) is 5.32 Å². The summed E-state index contributed by atoms with van der Waals surface area (Å²) >= 11 is 0. The maximum Gasteiger partial charge on any atom is 0.0138 e. The van der Waals surface area contributed by atoms with Crippen LogP contribution in [-0.2, 0) is 0 Å². The molecule has 3 rings (SSSR count). The van der Waals surface area contributed by atoms with E-state index in [0.717, 1.165) is 12.0 Å². The Balaban J connectivity index is 1.63. The smallest absolute Gasteiger partial charge is 0.0138 e. The minimum Gasteiger partial charge on any atom is -0.311 e. The van der Waals surface area contributed by atoms with E-state index in [1.54, 1.807) is 5.56 Å². The van der Waals surface area contributed by atoms with Gasteiger partial charge in [-0.2, -0.15) is 0 Å². The van der Waals surface area contributed by atoms with Gasteiger partial charge in [0.05, 0.1) is 0 Å². The maximum atomic E-state index is 4.04. The first kappa shape index (κ1) is 15.1. The van der Waals surface area contributed by atoms with Gasteiger partial charge in [-0.1, -0.05) is 57.0 Å². The molecule has 0 radical (unpaired) electrons. The number of nitrogens with one attached hydrogen (secondary N) is 1. The van der Waals surface area contributed by atoms with Gasteiger partial charge >= 0.3 is 0 Å². The molecule has 0 bridgehead atoms. The summed E-state index contributed by atoms with van der Waals surface area (Å²) in [5, 5.41) is 4.04. The lowest BCUT2D eigenvalue weighted by molar-refractivity contribution is 0.184. The van der Waals surface area contributed by atoms with Gasteiger partial charge in [-0.05, 0) is 55.4 Å². The molecule has 2 aliphatic carbocycles. The third-order valence-corrected chi connectivity index (χ3v) is 5.78. The van der Waals surface area contributed by atoms with E-state index in [-0.39, 0.29) is 0 Å². The van der Waals surface area contributed by atoms with E-state index in [9.17, 15) is 0 Å². The molecule has 0 amide bonds. The number of benzene rings is 1. The molecule has 0 aliphatic heterocycles. The first-order chi connectivity index (χ1) is 10.1. The molecule has 0 saturated heterocycles. The average Bonchev–Trinajstić information content (AvgIpc) is 2.51. The zero-order chi connectivity index (χ0) is 14.7. The normalized spacial score (nSPS) is 30.2. The van der Waals surface area contributed by atoms with Crippen LogP contribution in [0.15, 0.2) is 30.3 Å². The van der Waals surface area contributed by atoms with E-state index < -0.39 is 0 Å². The summed E-state index contributed by atoms with van der Waals surface area (Å²) in [4.78, 5) is 0. The Morgan fingerprint density at radius 2 is 1.57 bits per heavy atom. The number of rotatable bonds is 3. The fourth-order valence-corrected chi connectivity index (χ4v) is 4.30. The number of hydrogen-bond donors (Lipinski definition) is 1. The van der Waals surface area contributed by atoms with Crippen molar-refractivity contribution in [3.05, 3.63) is 35.9 Å². The minimum atomic E-state index is 0.573. The van der Waals surface area contributed by atoms with Gasteiger partial charge < -0.3 is 5.32 Å². The molecule has 2 saturated carbocycles. The summed E-state index contributed by atoms with van der Waals surface area (Å²) < 4.78 is 0. The summed E-state index contributed by atoms with van der Waals surface area (Å²) in [6.07, 6.45) is 11.0. The van der Waals surface area contributed by atoms with Crippen LogP contribution in [0.25, 0.3) is 0 Å². The quantitative estimate of drug-likeness (QED) is 0.797. The van der Waals surface area contributed by atoms with Crippen molar-refractivity contribution in [2.24, 2.45) is 5.41 Å². The van der Waals surface area contributed by atoms with Crippen molar-refractivity contribution in [3.63, 3.8) is 0 Å². The van der Waals surface area contributed by atoms with Gasteiger partial charge in [0, 0.05) is 12.1 Å². The minimum absolute atomic E-state index is 0.573. The third kappa shape index (κ3) is 3.88. The first-order valence-electron chi connectivity index (χ1n) is 8.95. The Bertz CT molecular complexity index is 426. The summed E-state index contributed by atoms with van der Waals surface area (Å²) in [5.74, 6) is 0.731. The van der Waals surface area contributed by atoms with E-state index >= 15 is 0 Å². The predicted molar refractivity (Wildman–Crippen MR) is 90.6 cm³/mol. The lowest BCUT2D eigenvalue weighted by atomic mass is 9.74. The molecule has 1 N–H and O–H groups in total. The highest BCUT2D eigenvalue weighted by Crippen LogP contribution is 2.37. The van der Waals surface area contributed by atoms with E-state index in [1.807, 2.05) is 0 Å². The molecule has 0 aromatic heterocycles. The molecule has 0 spiro atoms. The lowest BCUT2D eigenvalue weighted by Crippen LogP contribution is -2.45. The first-order valence-corrected chi connectivity index (χ1v) is 8.95. The van der Waals surface area contributed by atoms with Crippen LogP contribution in [0.4, 0.5) is 0 Å². The topological polar surface area (TPSA) is 12.0 Å². The van der Waals surface area contributed by atoms with Crippen LogP contribution >= 0.6 is 0 Å². The van der Waals surface area contributed by atoms with E-state index in [2.05, 4.69) is 49.5 Å². The van der Waals surface area contributed by atoms with Crippen LogP contribution in [0.2, 0.25) is 0 Å². The van der Waals surface area contributed by atoms with Gasteiger partial charge in [0.2, 0.25) is 0 Å². The van der Waals surface area contributed by atoms with Crippen LogP contribution in [-0.4, -0.2) is 12.1 Å². The van der Waals surface area contributed by atoms with Crippen LogP contribution in [0.1, 0.15) is 76.7 Å². The molecule has 21 heavy (non-hydrogen) atoms. The highest BCUT2D eigenvalue weighted by Gasteiger charge is 2.31. The Kier molecular flexibility index (Phi) is 4.69. The van der Waals surface area contributed by atoms with Crippen LogP contribution in [0.5, 0.6) is 0 Å². The van der Waals surface area contributed by atoms with Gasteiger partial charge in [-0.25, -0.2) is 0 Å². The fourth-order valence-electron chi connectivity index (χ4n) is 4.30. The third-order valence-electron chi connectivity index (χ3n) is 5.78. The van der Waals surface area contributed by atoms with Crippen molar-refractivity contribution in [2.75, 3.05) is 0 Å². The Morgan fingerprint density at radius 1 is 0.905 bits per heavy atom. The molecular weight excluding hydrogens is 254 g/mol. The molecule has 2 fully saturated rings. The average molecular weight is 285 g/mol. The largest absolute Gasteiger partial charge is 0.311 e. The zero-order valence-electron chi connectivity index (χ0n) is 13.8. The standard InChI is InChI=1S/C20H31N/c1-20(2)14-12-17(13-15-20)21-19-11-7-6-10-18(19)16-8-4-3-5-9-16/h3-5,8-9,17-19,21H,6-7,10-15H2,1-2H3. The van der Waals surface area contributed by atoms with E-state index in [1.165, 1.54) is 51.4 Å². The van der Waals surface area contributed by atoms with Gasteiger partial charge in [-0.15, -0.1) is 0 Å². The molecule has 1 heteroatoms. The van der Waals surface area contributed by atoms with Gasteiger partial charge in [-0.3, -0.25) is 0 Å². The van der Waals surface area contributed by atoms with E-state index in [4.69, 9.17) is 0 Å². The molecule has 2 atom stereocenters. The zero-order valence-corrected chi connectivity index (χ0v) is 13.8. The molecule has 2 unspecified atom stereocenters. The second-order valence-corrected chi connectivity index (χ2v) is 8.01. The molecule has 0 heterocycles. The van der Waals surface area contributed by atoms with Gasteiger partial charge in [0.25, 0.3) is 0 Å². The van der Waals surface area contributed by atoms with Crippen molar-refractivity contribution in [2.45, 2.75) is 83.2 Å². The Hall–Kier alpha value is -0.820. The Labute approximate surface area is 130 Å². The molecule has 116 valence electrons. The highest BCUT2D eigenvalue weighted by atomic mass is 15.0. The maximum absolute atomic E-state index is 4.04. The SMILES string of the molecule is CC1(C)CCC(NC2CCCCC2c2ccccc2)CC1. The highest BCUT2D eigenvalue weighted by molar-refractivity contribution is 5.22. The summed E-state index contributed by atoms with van der Waals surface area (Å²) in [5.41, 5.74) is 2.12. The van der Waals surface area contributed by atoms with Crippen LogP contribution < -0.4 is 5.32 Å². The molecule has 1 aromatic carbocycles. The van der Waals surface area contributed by atoms with Crippen molar-refractivity contribution < 1.29 is 0 Å². The van der Waals surface area contributed by atoms with Crippen molar-refractivity contribution >= 4 is 0 Å². The number of hydrogen-bond acceptors (Lipinski definition) is 1. The summed E-state index contributed by atoms with van der Waals surface area (Å²) in [7, 11) is 0. The summed E-state index contributed by atoms with van der Waals surface area (Å²) in [6.45, 7) is 4.85. The van der Waals surface area contributed by atoms with Crippen LogP contribution in [0, 0.1) is 5.41 Å². The van der Waals surface area contributed by atoms with Crippen molar-refractivity contribution in [1.29, 1.82) is 0 Å². The monoisotopic (exact) mass is 285 g/mol. The molecule has 2 aliphatic rings. The second kappa shape index (κ2) is 6.52. The fraction of sp³-hybridized carbons (Fsp3) is 0.700. The van der Waals surface area contributed by atoms with Crippen molar-refractivity contribution in [3.8, 4) is 0 Å². The van der Waals surface area contributed by atoms with Gasteiger partial charge in [0.15, 0.2) is 0 Å².